The Morgan fingerprint density at radius 3 is 2.54 bits per heavy atom. The molecule has 1 N–H and O–H groups in total. The van der Waals surface area contributed by atoms with Crippen LogP contribution in [0.1, 0.15) is 22.3 Å². The minimum Gasteiger partial charge on any atom is -0.505 e. The van der Waals surface area contributed by atoms with Crippen molar-refractivity contribution in [3.8, 4) is 5.75 Å². The molecule has 0 saturated heterocycles. The summed E-state index contributed by atoms with van der Waals surface area (Å²) in [5.74, 6) is -0.0993. The molecule has 0 bridgehead atoms. The van der Waals surface area contributed by atoms with E-state index < -0.39 is 0 Å². The molecule has 0 radical (unpaired) electrons. The number of carbonyl (C=O) groups excluding carboxylic acids is 1. The van der Waals surface area contributed by atoms with E-state index in [1.807, 2.05) is 55.4 Å². The Bertz CT molecular complexity index is 870. The van der Waals surface area contributed by atoms with Gasteiger partial charge in [0.05, 0.1) is 5.56 Å². The third-order valence-electron chi connectivity index (χ3n) is 4.14. The molecule has 0 amide bonds. The van der Waals surface area contributed by atoms with Crippen molar-refractivity contribution in [2.75, 3.05) is 19.0 Å². The van der Waals surface area contributed by atoms with Gasteiger partial charge in [-0.3, -0.25) is 9.78 Å². The molecule has 0 spiro atoms. The number of anilines is 1. The van der Waals surface area contributed by atoms with Gasteiger partial charge in [-0.25, -0.2) is 0 Å². The Labute approximate surface area is 141 Å². The monoisotopic (exact) mass is 320 g/mol. The maximum Gasteiger partial charge on any atom is 0.167 e. The first-order valence-electron chi connectivity index (χ1n) is 7.92. The van der Waals surface area contributed by atoms with Gasteiger partial charge in [0, 0.05) is 37.8 Å². The number of rotatable bonds is 5. The highest BCUT2D eigenvalue weighted by atomic mass is 16.3. The lowest BCUT2D eigenvalue weighted by Gasteiger charge is -2.12. The number of phenolic OH excluding ortho intramolecular Hbond substituents is 1. The minimum atomic E-state index is -0.0725. The topological polar surface area (TPSA) is 53.4 Å². The van der Waals surface area contributed by atoms with Gasteiger partial charge in [-0.2, -0.15) is 0 Å². The van der Waals surface area contributed by atoms with E-state index >= 15 is 0 Å². The highest BCUT2D eigenvalue weighted by Crippen LogP contribution is 2.28. The van der Waals surface area contributed by atoms with Crippen molar-refractivity contribution in [3.05, 3.63) is 65.9 Å². The van der Waals surface area contributed by atoms with Crippen molar-refractivity contribution in [3.63, 3.8) is 0 Å². The molecular weight excluding hydrogens is 300 g/mol. The van der Waals surface area contributed by atoms with Crippen LogP contribution in [0.15, 0.2) is 54.7 Å². The molecule has 3 rings (SSSR count). The van der Waals surface area contributed by atoms with Gasteiger partial charge >= 0.3 is 0 Å². The molecule has 0 aliphatic rings. The van der Waals surface area contributed by atoms with Crippen LogP contribution in [-0.2, 0) is 6.42 Å². The fourth-order valence-corrected chi connectivity index (χ4v) is 2.71. The lowest BCUT2D eigenvalue weighted by molar-refractivity contribution is 0.0980. The van der Waals surface area contributed by atoms with Crippen molar-refractivity contribution in [1.29, 1.82) is 0 Å². The third-order valence-corrected chi connectivity index (χ3v) is 4.14. The van der Waals surface area contributed by atoms with Crippen LogP contribution in [-0.4, -0.2) is 30.0 Å². The molecule has 4 heteroatoms. The van der Waals surface area contributed by atoms with Crippen LogP contribution in [0.25, 0.3) is 10.9 Å². The largest absolute Gasteiger partial charge is 0.505 e. The molecule has 0 fully saturated rings. The summed E-state index contributed by atoms with van der Waals surface area (Å²) in [6.07, 6.45) is 2.61. The molecule has 0 aliphatic heterocycles. The zero-order valence-electron chi connectivity index (χ0n) is 13.9. The maximum absolute atomic E-state index is 12.5. The lowest BCUT2D eigenvalue weighted by Crippen LogP contribution is -2.08. The van der Waals surface area contributed by atoms with Gasteiger partial charge in [0.2, 0.25) is 0 Å². The number of Topliss-reactive ketones (excluding diaryl/α,β-unsaturated/α-hetero) is 1. The van der Waals surface area contributed by atoms with E-state index in [2.05, 4.69) is 4.98 Å². The van der Waals surface area contributed by atoms with Crippen molar-refractivity contribution in [2.45, 2.75) is 12.8 Å². The summed E-state index contributed by atoms with van der Waals surface area (Å²) in [5, 5.41) is 11.2. The molecule has 122 valence electrons. The average molecular weight is 320 g/mol. The second kappa shape index (κ2) is 6.71. The summed E-state index contributed by atoms with van der Waals surface area (Å²) in [5.41, 5.74) is 3.04. The van der Waals surface area contributed by atoms with E-state index in [0.29, 0.717) is 23.9 Å². The Morgan fingerprint density at radius 1 is 1.08 bits per heavy atom. The fourth-order valence-electron chi connectivity index (χ4n) is 2.71. The molecule has 4 nitrogen and oxygen atoms in total. The van der Waals surface area contributed by atoms with Gasteiger partial charge in [0.1, 0.15) is 5.52 Å². The van der Waals surface area contributed by atoms with E-state index in [-0.39, 0.29) is 11.5 Å². The second-order valence-electron chi connectivity index (χ2n) is 6.02. The summed E-state index contributed by atoms with van der Waals surface area (Å²) in [6, 6.07) is 15.3. The zero-order chi connectivity index (χ0) is 17.1. The first-order valence-corrected chi connectivity index (χ1v) is 7.92. The number of aromatic nitrogens is 1. The van der Waals surface area contributed by atoms with Gasteiger partial charge in [-0.05, 0) is 36.2 Å². The Morgan fingerprint density at radius 2 is 1.83 bits per heavy atom. The van der Waals surface area contributed by atoms with Crippen molar-refractivity contribution < 1.29 is 9.90 Å². The predicted molar refractivity (Wildman–Crippen MR) is 96.8 cm³/mol. The molecule has 2 aromatic carbocycles. The third kappa shape index (κ3) is 3.23. The summed E-state index contributed by atoms with van der Waals surface area (Å²) in [6.45, 7) is 0. The number of aromatic hydroxyl groups is 1. The Kier molecular flexibility index (Phi) is 4.47. The molecule has 0 aliphatic carbocycles. The van der Waals surface area contributed by atoms with Crippen LogP contribution in [0.2, 0.25) is 0 Å². The second-order valence-corrected chi connectivity index (χ2v) is 6.02. The van der Waals surface area contributed by atoms with Gasteiger partial charge in [0.15, 0.2) is 11.5 Å². The van der Waals surface area contributed by atoms with Crippen LogP contribution >= 0.6 is 0 Å². The number of phenols is 1. The molecule has 0 saturated carbocycles. The normalized spacial score (nSPS) is 10.8. The number of nitrogens with zero attached hydrogens (tertiary/aromatic N) is 2. The number of carbonyl (C=O) groups is 1. The molecule has 1 aromatic heterocycles. The molecule has 0 unspecified atom stereocenters. The van der Waals surface area contributed by atoms with E-state index in [9.17, 15) is 9.90 Å². The highest BCUT2D eigenvalue weighted by Gasteiger charge is 2.14. The molecule has 3 aromatic rings. The molecule has 24 heavy (non-hydrogen) atoms. The molecular formula is C20H20N2O2. The number of ketones is 1. The van der Waals surface area contributed by atoms with Crippen LogP contribution in [0.5, 0.6) is 5.75 Å². The summed E-state index contributed by atoms with van der Waals surface area (Å²) in [7, 11) is 3.99. The van der Waals surface area contributed by atoms with Crippen LogP contribution in [0.4, 0.5) is 5.69 Å². The maximum atomic E-state index is 12.5. The van der Waals surface area contributed by atoms with Crippen LogP contribution in [0, 0.1) is 0 Å². The highest BCUT2D eigenvalue weighted by molar-refractivity contribution is 6.03. The Balaban J connectivity index is 1.74. The van der Waals surface area contributed by atoms with Gasteiger partial charge < -0.3 is 10.0 Å². The van der Waals surface area contributed by atoms with Crippen LogP contribution in [0.3, 0.4) is 0 Å². The summed E-state index contributed by atoms with van der Waals surface area (Å²) < 4.78 is 0. The fraction of sp³-hybridized carbons (Fsp3) is 0.200. The Hall–Kier alpha value is -2.88. The van der Waals surface area contributed by atoms with Gasteiger partial charge in [-0.1, -0.05) is 24.3 Å². The van der Waals surface area contributed by atoms with E-state index in [1.165, 1.54) is 0 Å². The van der Waals surface area contributed by atoms with E-state index in [4.69, 9.17) is 0 Å². The quantitative estimate of drug-likeness (QED) is 0.726. The standard InChI is InChI=1S/C20H20N2O2/c1-22(2)16-9-5-14(6-10-16)7-12-18(23)17-11-8-15-4-3-13-21-19(15)20(17)24/h3-6,8-11,13,24H,7,12H2,1-2H3. The average Bonchev–Trinajstić information content (AvgIpc) is 2.60. The van der Waals surface area contributed by atoms with Crippen molar-refractivity contribution in [1.82, 2.24) is 4.98 Å². The number of benzene rings is 2. The zero-order valence-corrected chi connectivity index (χ0v) is 13.9. The van der Waals surface area contributed by atoms with Crippen molar-refractivity contribution in [2.24, 2.45) is 0 Å². The van der Waals surface area contributed by atoms with Gasteiger partial charge in [0.25, 0.3) is 0 Å². The lowest BCUT2D eigenvalue weighted by atomic mass is 10.0. The van der Waals surface area contributed by atoms with E-state index in [0.717, 1.165) is 16.6 Å². The smallest absolute Gasteiger partial charge is 0.167 e. The summed E-state index contributed by atoms with van der Waals surface area (Å²) in [4.78, 5) is 18.7. The SMILES string of the molecule is CN(C)c1ccc(CCC(=O)c2ccc3cccnc3c2O)cc1. The number of hydrogen-bond acceptors (Lipinski definition) is 4. The number of aryl methyl sites for hydroxylation is 1. The number of pyridine rings is 1. The first kappa shape index (κ1) is 16.0. The predicted octanol–water partition coefficient (Wildman–Crippen LogP) is 3.82. The van der Waals surface area contributed by atoms with Crippen molar-refractivity contribution >= 4 is 22.4 Å². The molecule has 1 heterocycles. The minimum absolute atomic E-state index is 0.0268. The van der Waals surface area contributed by atoms with Gasteiger partial charge in [-0.15, -0.1) is 0 Å². The first-order chi connectivity index (χ1) is 11.6. The number of hydrogen-bond donors (Lipinski definition) is 1. The van der Waals surface area contributed by atoms with E-state index in [1.54, 1.807) is 18.3 Å². The molecule has 0 atom stereocenters. The summed E-state index contributed by atoms with van der Waals surface area (Å²) >= 11 is 0. The van der Waals surface area contributed by atoms with Crippen LogP contribution < -0.4 is 4.90 Å². The number of fused-ring (bicyclic) bond motifs is 1.